The van der Waals surface area contributed by atoms with Crippen molar-refractivity contribution in [3.8, 4) is 0 Å². The van der Waals surface area contributed by atoms with Crippen molar-refractivity contribution in [2.75, 3.05) is 19.6 Å². The summed E-state index contributed by atoms with van der Waals surface area (Å²) < 4.78 is 5.48. The van der Waals surface area contributed by atoms with E-state index in [0.717, 1.165) is 26.1 Å². The lowest BCUT2D eigenvalue weighted by Crippen LogP contribution is -2.49. The first-order valence-corrected chi connectivity index (χ1v) is 5.59. The van der Waals surface area contributed by atoms with Crippen LogP contribution in [0.1, 0.15) is 27.2 Å². The molecule has 2 atom stereocenters. The molecule has 2 heterocycles. The van der Waals surface area contributed by atoms with Gasteiger partial charge in [-0.25, -0.2) is 0 Å². The zero-order valence-corrected chi connectivity index (χ0v) is 9.72. The van der Waals surface area contributed by atoms with Gasteiger partial charge in [-0.2, -0.15) is 0 Å². The van der Waals surface area contributed by atoms with Crippen molar-refractivity contribution in [3.05, 3.63) is 0 Å². The normalized spacial score (nSPS) is 35.3. The predicted octanol–water partition coefficient (Wildman–Crippen LogP) is 0.280. The van der Waals surface area contributed by atoms with E-state index >= 15 is 0 Å². The average molecular weight is 212 g/mol. The Morgan fingerprint density at radius 2 is 2.13 bits per heavy atom. The monoisotopic (exact) mass is 212 g/mol. The standard InChI is InChI=1S/C11H20N2O2/c1-10(2,3)15-9(14)11-4-8(13-7-11)5-12-6-11/h8,12-13H,4-7H2,1-3H3. The zero-order chi connectivity index (χ0) is 11.1. The van der Waals surface area contributed by atoms with Crippen LogP contribution in [0.25, 0.3) is 0 Å². The Morgan fingerprint density at radius 1 is 1.40 bits per heavy atom. The van der Waals surface area contributed by atoms with Crippen molar-refractivity contribution in [1.82, 2.24) is 10.6 Å². The molecule has 2 unspecified atom stereocenters. The first kappa shape index (κ1) is 10.9. The third kappa shape index (κ3) is 2.16. The molecule has 0 amide bonds. The quantitative estimate of drug-likeness (QED) is 0.613. The van der Waals surface area contributed by atoms with Crippen molar-refractivity contribution in [3.63, 3.8) is 0 Å². The molecule has 4 heteroatoms. The molecule has 2 N–H and O–H groups in total. The van der Waals surface area contributed by atoms with Crippen LogP contribution >= 0.6 is 0 Å². The van der Waals surface area contributed by atoms with Gasteiger partial charge in [0.25, 0.3) is 0 Å². The van der Waals surface area contributed by atoms with Gasteiger partial charge in [0.1, 0.15) is 5.60 Å². The number of fused-ring (bicyclic) bond motifs is 2. The number of carbonyl (C=O) groups excluding carboxylic acids is 1. The summed E-state index contributed by atoms with van der Waals surface area (Å²) in [5.74, 6) is -0.0581. The van der Waals surface area contributed by atoms with Gasteiger partial charge in [-0.15, -0.1) is 0 Å². The minimum Gasteiger partial charge on any atom is -0.459 e. The summed E-state index contributed by atoms with van der Waals surface area (Å²) in [5.41, 5.74) is -0.711. The fourth-order valence-corrected chi connectivity index (χ4v) is 2.33. The van der Waals surface area contributed by atoms with Crippen LogP contribution in [-0.4, -0.2) is 37.2 Å². The van der Waals surface area contributed by atoms with E-state index in [0.29, 0.717) is 6.04 Å². The first-order valence-electron chi connectivity index (χ1n) is 5.59. The average Bonchev–Trinajstić information content (AvgIpc) is 2.41. The molecule has 86 valence electrons. The Bertz CT molecular complexity index is 268. The third-order valence-corrected chi connectivity index (χ3v) is 3.05. The number of hydrogen-bond acceptors (Lipinski definition) is 4. The van der Waals surface area contributed by atoms with E-state index in [4.69, 9.17) is 4.74 Å². The Labute approximate surface area is 90.8 Å². The fourth-order valence-electron chi connectivity index (χ4n) is 2.33. The molecule has 2 fully saturated rings. The molecule has 2 saturated heterocycles. The Kier molecular flexibility index (Phi) is 2.51. The maximum absolute atomic E-state index is 12.1. The molecule has 0 aromatic heterocycles. The Balaban J connectivity index is 2.06. The minimum absolute atomic E-state index is 0.0581. The SMILES string of the molecule is CC(C)(C)OC(=O)C12CNCC(C1)NC2. The molecule has 2 aliphatic rings. The van der Waals surface area contributed by atoms with Crippen LogP contribution < -0.4 is 10.6 Å². The van der Waals surface area contributed by atoms with Gasteiger partial charge >= 0.3 is 5.97 Å². The lowest BCUT2D eigenvalue weighted by atomic mass is 9.83. The summed E-state index contributed by atoms with van der Waals surface area (Å²) in [5, 5.41) is 6.65. The lowest BCUT2D eigenvalue weighted by molar-refractivity contribution is -0.166. The molecule has 0 aromatic rings. The second-order valence-electron chi connectivity index (χ2n) is 5.70. The van der Waals surface area contributed by atoms with Crippen molar-refractivity contribution >= 4 is 5.97 Å². The highest BCUT2D eigenvalue weighted by Gasteiger charge is 2.49. The van der Waals surface area contributed by atoms with E-state index in [-0.39, 0.29) is 17.0 Å². The van der Waals surface area contributed by atoms with E-state index in [1.165, 1.54) is 0 Å². The van der Waals surface area contributed by atoms with Gasteiger partial charge in [-0.1, -0.05) is 0 Å². The summed E-state index contributed by atoms with van der Waals surface area (Å²) in [6.07, 6.45) is 0.912. The molecule has 15 heavy (non-hydrogen) atoms. The fraction of sp³-hybridized carbons (Fsp3) is 0.909. The number of hydrogen-bond donors (Lipinski definition) is 2. The topological polar surface area (TPSA) is 50.4 Å². The molecule has 0 aromatic carbocycles. The summed E-state index contributed by atoms with van der Waals surface area (Å²) >= 11 is 0. The number of piperidine rings is 1. The number of nitrogens with one attached hydrogen (secondary N) is 2. The van der Waals surface area contributed by atoms with Gasteiger partial charge in [0, 0.05) is 25.7 Å². The van der Waals surface area contributed by atoms with Gasteiger partial charge in [0.15, 0.2) is 0 Å². The summed E-state index contributed by atoms with van der Waals surface area (Å²) in [7, 11) is 0. The van der Waals surface area contributed by atoms with Crippen LogP contribution in [0.15, 0.2) is 0 Å². The van der Waals surface area contributed by atoms with Crippen LogP contribution in [0, 0.1) is 5.41 Å². The Hall–Kier alpha value is -0.610. The van der Waals surface area contributed by atoms with E-state index in [2.05, 4.69) is 10.6 Å². The van der Waals surface area contributed by atoms with Crippen molar-refractivity contribution in [1.29, 1.82) is 0 Å². The number of carbonyl (C=O) groups is 1. The van der Waals surface area contributed by atoms with Crippen LogP contribution in [0.3, 0.4) is 0 Å². The molecule has 0 aliphatic carbocycles. The molecule has 2 aliphatic heterocycles. The van der Waals surface area contributed by atoms with Gasteiger partial charge in [0.05, 0.1) is 5.41 Å². The van der Waals surface area contributed by atoms with E-state index in [1.807, 2.05) is 20.8 Å². The smallest absolute Gasteiger partial charge is 0.315 e. The number of esters is 1. The minimum atomic E-state index is -0.388. The second kappa shape index (κ2) is 3.46. The van der Waals surface area contributed by atoms with Crippen LogP contribution in [0.4, 0.5) is 0 Å². The molecule has 0 radical (unpaired) electrons. The molecule has 0 saturated carbocycles. The highest BCUT2D eigenvalue weighted by Crippen LogP contribution is 2.33. The maximum Gasteiger partial charge on any atom is 0.315 e. The third-order valence-electron chi connectivity index (χ3n) is 3.05. The molecule has 2 bridgehead atoms. The molecular formula is C11H20N2O2. The molecular weight excluding hydrogens is 192 g/mol. The highest BCUT2D eigenvalue weighted by molar-refractivity contribution is 5.78. The summed E-state index contributed by atoms with van der Waals surface area (Å²) in [6, 6.07) is 0.436. The van der Waals surface area contributed by atoms with Crippen molar-refractivity contribution < 1.29 is 9.53 Å². The summed E-state index contributed by atoms with van der Waals surface area (Å²) in [6.45, 7) is 8.20. The number of rotatable bonds is 1. The van der Waals surface area contributed by atoms with Gasteiger partial charge in [-0.3, -0.25) is 4.79 Å². The van der Waals surface area contributed by atoms with E-state index in [9.17, 15) is 4.79 Å². The molecule has 0 spiro atoms. The van der Waals surface area contributed by atoms with Gasteiger partial charge in [0.2, 0.25) is 0 Å². The van der Waals surface area contributed by atoms with Crippen LogP contribution in [-0.2, 0) is 9.53 Å². The summed E-state index contributed by atoms with van der Waals surface area (Å²) in [4.78, 5) is 12.1. The Morgan fingerprint density at radius 3 is 2.80 bits per heavy atom. The van der Waals surface area contributed by atoms with E-state index < -0.39 is 0 Å². The largest absolute Gasteiger partial charge is 0.459 e. The molecule has 4 nitrogen and oxygen atoms in total. The van der Waals surface area contributed by atoms with Gasteiger partial charge < -0.3 is 15.4 Å². The molecule has 2 rings (SSSR count). The zero-order valence-electron chi connectivity index (χ0n) is 9.72. The van der Waals surface area contributed by atoms with Crippen molar-refractivity contribution in [2.24, 2.45) is 5.41 Å². The first-order chi connectivity index (χ1) is 6.91. The van der Waals surface area contributed by atoms with E-state index in [1.54, 1.807) is 0 Å². The van der Waals surface area contributed by atoms with Crippen LogP contribution in [0.2, 0.25) is 0 Å². The lowest BCUT2D eigenvalue weighted by Gasteiger charge is -2.33. The predicted molar refractivity (Wildman–Crippen MR) is 57.6 cm³/mol. The van der Waals surface area contributed by atoms with Crippen molar-refractivity contribution in [2.45, 2.75) is 38.8 Å². The maximum atomic E-state index is 12.1. The van der Waals surface area contributed by atoms with Gasteiger partial charge in [-0.05, 0) is 27.2 Å². The van der Waals surface area contributed by atoms with Crippen LogP contribution in [0.5, 0.6) is 0 Å². The second-order valence-corrected chi connectivity index (χ2v) is 5.70. The number of ether oxygens (including phenoxy) is 1. The highest BCUT2D eigenvalue weighted by atomic mass is 16.6.